The van der Waals surface area contributed by atoms with Crippen molar-refractivity contribution >= 4 is 10.0 Å². The highest BCUT2D eigenvalue weighted by molar-refractivity contribution is 7.89. The molecule has 1 aromatic rings. The minimum atomic E-state index is -3.21. The average molecular weight is 288 g/mol. The number of sulfonamides is 1. The third-order valence-corrected chi connectivity index (χ3v) is 4.55. The summed E-state index contributed by atoms with van der Waals surface area (Å²) in [6.07, 6.45) is 0.619. The van der Waals surface area contributed by atoms with Gasteiger partial charge < -0.3 is 5.32 Å². The molecule has 0 bridgehead atoms. The zero-order valence-electron chi connectivity index (χ0n) is 12.2. The molecule has 0 aromatic carbocycles. The maximum Gasteiger partial charge on any atom is 0.211 e. The molecular formula is C12H24N4O2S. The lowest BCUT2D eigenvalue weighted by atomic mass is 10.2. The van der Waals surface area contributed by atoms with Crippen LogP contribution in [0.3, 0.4) is 0 Å². The largest absolute Gasteiger partial charge is 0.317 e. The summed E-state index contributed by atoms with van der Waals surface area (Å²) in [6, 6.07) is 0. The van der Waals surface area contributed by atoms with Crippen molar-refractivity contribution in [1.82, 2.24) is 19.8 Å². The van der Waals surface area contributed by atoms with Crippen LogP contribution in [0.25, 0.3) is 0 Å². The first-order chi connectivity index (χ1) is 8.87. The third kappa shape index (κ3) is 4.93. The number of hydrogen-bond acceptors (Lipinski definition) is 4. The van der Waals surface area contributed by atoms with Crippen molar-refractivity contribution < 1.29 is 8.42 Å². The fourth-order valence-electron chi connectivity index (χ4n) is 1.89. The van der Waals surface area contributed by atoms with Gasteiger partial charge in [-0.25, -0.2) is 13.1 Å². The molecule has 0 amide bonds. The third-order valence-electron chi connectivity index (χ3n) is 3.14. The lowest BCUT2D eigenvalue weighted by Crippen LogP contribution is -2.28. The lowest BCUT2D eigenvalue weighted by Gasteiger charge is -2.07. The molecule has 1 heterocycles. The van der Waals surface area contributed by atoms with Crippen LogP contribution in [-0.2, 0) is 23.6 Å². The van der Waals surface area contributed by atoms with E-state index in [9.17, 15) is 8.42 Å². The molecule has 0 aliphatic carbocycles. The van der Waals surface area contributed by atoms with Crippen molar-refractivity contribution in [2.45, 2.75) is 33.7 Å². The Balaban J connectivity index is 2.51. The number of aromatic nitrogens is 2. The molecule has 0 aliphatic heterocycles. The first-order valence-electron chi connectivity index (χ1n) is 6.54. The molecule has 1 rings (SSSR count). The maximum absolute atomic E-state index is 11.8. The minimum Gasteiger partial charge on any atom is -0.317 e. The Morgan fingerprint density at radius 1 is 1.32 bits per heavy atom. The normalized spacial score (nSPS) is 12.0. The van der Waals surface area contributed by atoms with Crippen LogP contribution < -0.4 is 10.0 Å². The monoisotopic (exact) mass is 288 g/mol. The van der Waals surface area contributed by atoms with Crippen molar-refractivity contribution in [3.8, 4) is 0 Å². The van der Waals surface area contributed by atoms with Gasteiger partial charge in [-0.3, -0.25) is 4.68 Å². The molecule has 0 saturated carbocycles. The smallest absolute Gasteiger partial charge is 0.211 e. The molecule has 0 spiro atoms. The summed E-state index contributed by atoms with van der Waals surface area (Å²) in [5, 5.41) is 7.38. The van der Waals surface area contributed by atoms with Gasteiger partial charge >= 0.3 is 0 Å². The zero-order valence-corrected chi connectivity index (χ0v) is 13.0. The molecule has 7 heteroatoms. The van der Waals surface area contributed by atoms with Gasteiger partial charge in [0.2, 0.25) is 10.0 Å². The minimum absolute atomic E-state index is 0.151. The van der Waals surface area contributed by atoms with Crippen LogP contribution in [0.5, 0.6) is 0 Å². The van der Waals surface area contributed by atoms with Crippen LogP contribution in [0.15, 0.2) is 0 Å². The van der Waals surface area contributed by atoms with Gasteiger partial charge in [-0.15, -0.1) is 0 Å². The Hall–Kier alpha value is -0.920. The van der Waals surface area contributed by atoms with E-state index in [1.54, 1.807) is 4.68 Å². The highest BCUT2D eigenvalue weighted by Crippen LogP contribution is 2.11. The summed E-state index contributed by atoms with van der Waals surface area (Å²) < 4.78 is 28.1. The van der Waals surface area contributed by atoms with Crippen LogP contribution in [0.2, 0.25) is 0 Å². The van der Waals surface area contributed by atoms with Gasteiger partial charge in [0.1, 0.15) is 0 Å². The van der Waals surface area contributed by atoms with Gasteiger partial charge in [0.05, 0.1) is 11.4 Å². The van der Waals surface area contributed by atoms with E-state index in [0.29, 0.717) is 13.0 Å². The highest BCUT2D eigenvalue weighted by Gasteiger charge is 2.14. The molecule has 6 nitrogen and oxygen atoms in total. The molecule has 0 atom stereocenters. The van der Waals surface area contributed by atoms with E-state index in [2.05, 4.69) is 15.1 Å². The first kappa shape index (κ1) is 16.1. The first-order valence-corrected chi connectivity index (χ1v) is 8.19. The molecular weight excluding hydrogens is 264 g/mol. The van der Waals surface area contributed by atoms with E-state index in [4.69, 9.17) is 0 Å². The predicted octanol–water partition coefficient (Wildman–Crippen LogP) is 0.456. The average Bonchev–Trinajstić information content (AvgIpc) is 2.57. The zero-order chi connectivity index (χ0) is 14.5. The second kappa shape index (κ2) is 7.02. The SMILES string of the molecule is CCNCCCS(=O)(=O)NCc1c(C)nn(C)c1C. The number of aryl methyl sites for hydroxylation is 2. The molecule has 0 fully saturated rings. The van der Waals surface area contributed by atoms with Crippen molar-refractivity contribution in [3.63, 3.8) is 0 Å². The lowest BCUT2D eigenvalue weighted by molar-refractivity contribution is 0.575. The maximum atomic E-state index is 11.8. The van der Waals surface area contributed by atoms with Crippen LogP contribution in [0, 0.1) is 13.8 Å². The standard InChI is InChI=1S/C12H24N4O2S/c1-5-13-7-6-8-19(17,18)14-9-12-10(2)15-16(4)11(12)3/h13-14H,5-9H2,1-4H3. The molecule has 1 aromatic heterocycles. The Morgan fingerprint density at radius 2 is 2.00 bits per heavy atom. The fraction of sp³-hybridized carbons (Fsp3) is 0.750. The quantitative estimate of drug-likeness (QED) is 0.681. The Bertz CT molecular complexity index is 508. The molecule has 19 heavy (non-hydrogen) atoms. The van der Waals surface area contributed by atoms with Crippen molar-refractivity contribution in [1.29, 1.82) is 0 Å². The van der Waals surface area contributed by atoms with Gasteiger partial charge in [-0.1, -0.05) is 6.92 Å². The highest BCUT2D eigenvalue weighted by atomic mass is 32.2. The Kier molecular flexibility index (Phi) is 5.96. The van der Waals surface area contributed by atoms with Crippen LogP contribution in [-0.4, -0.2) is 37.0 Å². The molecule has 110 valence electrons. The van der Waals surface area contributed by atoms with Gasteiger partial charge in [0, 0.05) is 24.8 Å². The summed E-state index contributed by atoms with van der Waals surface area (Å²) in [5.74, 6) is 0.151. The number of hydrogen-bond donors (Lipinski definition) is 2. The predicted molar refractivity (Wildman–Crippen MR) is 76.5 cm³/mol. The van der Waals surface area contributed by atoms with E-state index in [1.165, 1.54) is 0 Å². The van der Waals surface area contributed by atoms with Crippen molar-refractivity contribution in [2.75, 3.05) is 18.8 Å². The van der Waals surface area contributed by atoms with Gasteiger partial charge in [0.25, 0.3) is 0 Å². The molecule has 0 saturated heterocycles. The molecule has 2 N–H and O–H groups in total. The van der Waals surface area contributed by atoms with Crippen LogP contribution >= 0.6 is 0 Å². The summed E-state index contributed by atoms with van der Waals surface area (Å²) in [4.78, 5) is 0. The van der Waals surface area contributed by atoms with Gasteiger partial charge in [-0.2, -0.15) is 5.10 Å². The van der Waals surface area contributed by atoms with E-state index in [1.807, 2.05) is 27.8 Å². The summed E-state index contributed by atoms with van der Waals surface area (Å²) in [7, 11) is -1.35. The van der Waals surface area contributed by atoms with E-state index in [-0.39, 0.29) is 5.75 Å². The van der Waals surface area contributed by atoms with E-state index < -0.39 is 10.0 Å². The van der Waals surface area contributed by atoms with E-state index in [0.717, 1.165) is 30.0 Å². The van der Waals surface area contributed by atoms with Crippen LogP contribution in [0.1, 0.15) is 30.3 Å². The van der Waals surface area contributed by atoms with Crippen molar-refractivity contribution in [2.24, 2.45) is 7.05 Å². The van der Waals surface area contributed by atoms with Gasteiger partial charge in [-0.05, 0) is 33.4 Å². The number of nitrogens with one attached hydrogen (secondary N) is 2. The fourth-order valence-corrected chi connectivity index (χ4v) is 2.92. The van der Waals surface area contributed by atoms with Crippen molar-refractivity contribution in [3.05, 3.63) is 17.0 Å². The molecule has 0 aliphatic rings. The number of rotatable bonds is 8. The van der Waals surface area contributed by atoms with Gasteiger partial charge in [0.15, 0.2) is 0 Å². The Morgan fingerprint density at radius 3 is 2.53 bits per heavy atom. The van der Waals surface area contributed by atoms with Crippen LogP contribution in [0.4, 0.5) is 0 Å². The number of nitrogens with zero attached hydrogens (tertiary/aromatic N) is 2. The second-order valence-corrected chi connectivity index (χ2v) is 6.55. The topological polar surface area (TPSA) is 76.0 Å². The summed E-state index contributed by atoms with van der Waals surface area (Å²) in [5.41, 5.74) is 2.82. The molecule has 0 unspecified atom stereocenters. The van der Waals surface area contributed by atoms with E-state index >= 15 is 0 Å². The summed E-state index contributed by atoms with van der Waals surface area (Å²) >= 11 is 0. The Labute approximate surface area is 115 Å². The molecule has 0 radical (unpaired) electrons. The second-order valence-electron chi connectivity index (χ2n) is 4.62. The summed E-state index contributed by atoms with van der Waals surface area (Å²) in [6.45, 7) is 7.73.